The first-order valence-electron chi connectivity index (χ1n) is 9.88. The molecule has 0 spiro atoms. The van der Waals surface area contributed by atoms with Crippen LogP contribution in [0.1, 0.15) is 34.8 Å². The van der Waals surface area contributed by atoms with Gasteiger partial charge in [-0.25, -0.2) is 0 Å². The Bertz CT molecular complexity index is 1270. The van der Waals surface area contributed by atoms with Gasteiger partial charge in [-0.1, -0.05) is 23.4 Å². The number of amides is 1. The number of aromatic nitrogens is 3. The van der Waals surface area contributed by atoms with E-state index in [9.17, 15) is 19.7 Å². The van der Waals surface area contributed by atoms with Crippen molar-refractivity contribution in [3.63, 3.8) is 0 Å². The first-order valence-corrected chi connectivity index (χ1v) is 11.2. The topological polar surface area (TPSA) is 120 Å². The largest absolute Gasteiger partial charge is 0.325 e. The molecular weight excluding hydrogens is 454 g/mol. The van der Waals surface area contributed by atoms with Crippen LogP contribution in [0.5, 0.6) is 0 Å². The Kier molecular flexibility index (Phi) is 5.18. The highest BCUT2D eigenvalue weighted by Crippen LogP contribution is 2.41. The lowest BCUT2D eigenvalue weighted by Gasteiger charge is -2.09. The molecule has 5 rings (SSSR count). The van der Waals surface area contributed by atoms with Crippen molar-refractivity contribution in [2.75, 3.05) is 11.1 Å². The van der Waals surface area contributed by atoms with E-state index in [4.69, 9.17) is 11.6 Å². The summed E-state index contributed by atoms with van der Waals surface area (Å²) in [6, 6.07) is 9.71. The number of Topliss-reactive ketones (excluding diaryl/α,β-unsaturated/α-hetero) is 1. The predicted octanol–water partition coefficient (Wildman–Crippen LogP) is 4.31. The van der Waals surface area contributed by atoms with Gasteiger partial charge in [0.2, 0.25) is 5.91 Å². The van der Waals surface area contributed by atoms with E-state index >= 15 is 0 Å². The van der Waals surface area contributed by atoms with Gasteiger partial charge < -0.3 is 5.32 Å². The van der Waals surface area contributed by atoms with Gasteiger partial charge in [0.15, 0.2) is 16.8 Å². The fourth-order valence-corrected chi connectivity index (χ4v) is 4.79. The maximum absolute atomic E-state index is 12.9. The molecule has 2 heterocycles. The van der Waals surface area contributed by atoms with Crippen LogP contribution in [0.4, 0.5) is 11.4 Å². The Balaban J connectivity index is 1.36. The second-order valence-electron chi connectivity index (χ2n) is 7.64. The van der Waals surface area contributed by atoms with E-state index in [-0.39, 0.29) is 35.6 Å². The minimum absolute atomic E-state index is 0.00885. The number of nitrogens with one attached hydrogen (secondary N) is 1. The van der Waals surface area contributed by atoms with Gasteiger partial charge in [0.1, 0.15) is 0 Å². The van der Waals surface area contributed by atoms with E-state index in [1.54, 1.807) is 24.3 Å². The van der Waals surface area contributed by atoms with Gasteiger partial charge in [0.25, 0.3) is 5.69 Å². The van der Waals surface area contributed by atoms with Gasteiger partial charge in [-0.15, -0.1) is 10.2 Å². The van der Waals surface area contributed by atoms with Crippen molar-refractivity contribution < 1.29 is 14.5 Å². The summed E-state index contributed by atoms with van der Waals surface area (Å²) in [4.78, 5) is 34.9. The molecule has 32 heavy (non-hydrogen) atoms. The van der Waals surface area contributed by atoms with Crippen LogP contribution in [0.3, 0.4) is 0 Å². The first-order chi connectivity index (χ1) is 15.4. The number of halogens is 1. The second-order valence-corrected chi connectivity index (χ2v) is 8.99. The van der Waals surface area contributed by atoms with E-state index in [0.717, 1.165) is 24.0 Å². The van der Waals surface area contributed by atoms with E-state index in [1.165, 1.54) is 23.9 Å². The Morgan fingerprint density at radius 2 is 2.00 bits per heavy atom. The average Bonchev–Trinajstić information content (AvgIpc) is 3.41. The van der Waals surface area contributed by atoms with E-state index in [0.29, 0.717) is 27.3 Å². The molecule has 1 aromatic heterocycles. The molecule has 1 amide bonds. The molecule has 2 aliphatic rings. The number of hydrogen-bond donors (Lipinski definition) is 1. The molecular formula is C21H16ClN5O4S. The fraction of sp³-hybridized carbons (Fsp3) is 0.238. The summed E-state index contributed by atoms with van der Waals surface area (Å²) in [6.07, 6.45) is 2.20. The zero-order chi connectivity index (χ0) is 22.4. The molecule has 1 N–H and O–H groups in total. The number of anilines is 1. The van der Waals surface area contributed by atoms with Crippen molar-refractivity contribution in [2.45, 2.75) is 30.5 Å². The summed E-state index contributed by atoms with van der Waals surface area (Å²) in [5.41, 5.74) is 2.52. The van der Waals surface area contributed by atoms with E-state index in [2.05, 4.69) is 15.5 Å². The number of rotatable bonds is 7. The second kappa shape index (κ2) is 8.03. The SMILES string of the molecule is O=C1Cc2cc(C(=O)CSc3nnc(-c4ccc([N+](=O)[O-])cc4)n3C3CC3)c(Cl)cc2N1. The summed E-state index contributed by atoms with van der Waals surface area (Å²) in [5, 5.41) is 23.1. The predicted molar refractivity (Wildman–Crippen MR) is 119 cm³/mol. The number of benzene rings is 2. The zero-order valence-electron chi connectivity index (χ0n) is 16.6. The Hall–Kier alpha value is -3.24. The summed E-state index contributed by atoms with van der Waals surface area (Å²) in [5.74, 6) is 0.457. The minimum Gasteiger partial charge on any atom is -0.325 e. The van der Waals surface area contributed by atoms with Crippen LogP contribution in [0.15, 0.2) is 41.6 Å². The van der Waals surface area contributed by atoms with Gasteiger partial charge in [-0.2, -0.15) is 0 Å². The standard InChI is InChI=1S/C21H16ClN5O4S/c22-16-9-17-12(8-19(29)23-17)7-15(16)18(28)10-32-21-25-24-20(26(21)13-5-6-13)11-1-3-14(4-2-11)27(30)31/h1-4,7,9,13H,5-6,8,10H2,(H,23,29). The third-order valence-electron chi connectivity index (χ3n) is 5.36. The molecule has 11 heteroatoms. The quantitative estimate of drug-likeness (QED) is 0.237. The lowest BCUT2D eigenvalue weighted by atomic mass is 10.1. The van der Waals surface area contributed by atoms with Crippen LogP contribution >= 0.6 is 23.4 Å². The number of carbonyl (C=O) groups is 2. The number of non-ortho nitro benzene ring substituents is 1. The number of fused-ring (bicyclic) bond motifs is 1. The molecule has 0 bridgehead atoms. The summed E-state index contributed by atoms with van der Waals surface area (Å²) >= 11 is 7.56. The van der Waals surface area contributed by atoms with Crippen LogP contribution in [0.25, 0.3) is 11.4 Å². The van der Waals surface area contributed by atoms with Crippen molar-refractivity contribution in [2.24, 2.45) is 0 Å². The highest BCUT2D eigenvalue weighted by Gasteiger charge is 2.31. The lowest BCUT2D eigenvalue weighted by molar-refractivity contribution is -0.384. The number of carbonyl (C=O) groups excluding carboxylic acids is 2. The Morgan fingerprint density at radius 1 is 1.25 bits per heavy atom. The zero-order valence-corrected chi connectivity index (χ0v) is 18.2. The molecule has 0 unspecified atom stereocenters. The average molecular weight is 470 g/mol. The number of hydrogen-bond acceptors (Lipinski definition) is 7. The number of nitrogens with zero attached hydrogens (tertiary/aromatic N) is 4. The molecule has 3 aromatic rings. The summed E-state index contributed by atoms with van der Waals surface area (Å²) in [7, 11) is 0. The van der Waals surface area contributed by atoms with Crippen molar-refractivity contribution >= 4 is 46.4 Å². The molecule has 1 aliphatic carbocycles. The molecule has 0 saturated heterocycles. The molecule has 162 valence electrons. The van der Waals surface area contributed by atoms with Gasteiger partial charge in [0, 0.05) is 35.0 Å². The Labute approximate surface area is 191 Å². The van der Waals surface area contributed by atoms with Crippen LogP contribution in [0.2, 0.25) is 5.02 Å². The smallest absolute Gasteiger partial charge is 0.269 e. The fourth-order valence-electron chi connectivity index (χ4n) is 3.64. The molecule has 1 aliphatic heterocycles. The van der Waals surface area contributed by atoms with Crippen LogP contribution in [0, 0.1) is 10.1 Å². The van der Waals surface area contributed by atoms with E-state index in [1.807, 2.05) is 4.57 Å². The van der Waals surface area contributed by atoms with Crippen molar-refractivity contribution in [3.8, 4) is 11.4 Å². The molecule has 1 fully saturated rings. The number of nitro groups is 1. The van der Waals surface area contributed by atoms with Crippen LogP contribution < -0.4 is 5.32 Å². The maximum Gasteiger partial charge on any atom is 0.269 e. The molecule has 1 saturated carbocycles. The van der Waals surface area contributed by atoms with Crippen LogP contribution in [-0.4, -0.2) is 37.1 Å². The highest BCUT2D eigenvalue weighted by molar-refractivity contribution is 7.99. The lowest BCUT2D eigenvalue weighted by Crippen LogP contribution is -2.06. The van der Waals surface area contributed by atoms with Gasteiger partial charge in [-0.3, -0.25) is 24.3 Å². The molecule has 2 aromatic carbocycles. The summed E-state index contributed by atoms with van der Waals surface area (Å²) < 4.78 is 1.99. The first kappa shape index (κ1) is 20.7. The molecule has 0 atom stereocenters. The third-order valence-corrected chi connectivity index (χ3v) is 6.62. The van der Waals surface area contributed by atoms with Gasteiger partial charge in [-0.05, 0) is 42.7 Å². The number of thioether (sulfide) groups is 1. The minimum atomic E-state index is -0.446. The number of nitro benzene ring substituents is 1. The monoisotopic (exact) mass is 469 g/mol. The van der Waals surface area contributed by atoms with Crippen molar-refractivity contribution in [1.82, 2.24) is 14.8 Å². The van der Waals surface area contributed by atoms with Crippen molar-refractivity contribution in [3.05, 3.63) is 62.7 Å². The Morgan fingerprint density at radius 3 is 2.69 bits per heavy atom. The van der Waals surface area contributed by atoms with Crippen LogP contribution in [-0.2, 0) is 11.2 Å². The van der Waals surface area contributed by atoms with Gasteiger partial charge in [0.05, 0.1) is 22.1 Å². The van der Waals surface area contributed by atoms with Crippen molar-refractivity contribution in [1.29, 1.82) is 0 Å². The maximum atomic E-state index is 12.9. The molecule has 0 radical (unpaired) electrons. The number of ketones is 1. The molecule has 9 nitrogen and oxygen atoms in total. The third kappa shape index (κ3) is 3.87. The highest BCUT2D eigenvalue weighted by atomic mass is 35.5. The van der Waals surface area contributed by atoms with Gasteiger partial charge >= 0.3 is 0 Å². The summed E-state index contributed by atoms with van der Waals surface area (Å²) in [6.45, 7) is 0. The van der Waals surface area contributed by atoms with E-state index < -0.39 is 4.92 Å². The normalized spacial score (nSPS) is 14.8.